The van der Waals surface area contributed by atoms with Gasteiger partial charge in [0.05, 0.1) is 5.75 Å². The molecule has 0 saturated heterocycles. The highest BCUT2D eigenvalue weighted by molar-refractivity contribution is 7.99. The molecule has 148 valence electrons. The van der Waals surface area contributed by atoms with Gasteiger partial charge >= 0.3 is 0 Å². The number of unbranched alkanes of at least 4 members (excludes halogenated alkanes) is 2. The number of amides is 1. The predicted molar refractivity (Wildman–Crippen MR) is 111 cm³/mol. The smallest absolute Gasteiger partial charge is 0.277 e. The fourth-order valence-electron chi connectivity index (χ4n) is 2.56. The third-order valence-corrected chi connectivity index (χ3v) is 5.08. The molecule has 0 saturated carbocycles. The van der Waals surface area contributed by atoms with Gasteiger partial charge in [-0.3, -0.25) is 4.79 Å². The lowest BCUT2D eigenvalue weighted by Crippen LogP contribution is -2.34. The van der Waals surface area contributed by atoms with Crippen molar-refractivity contribution in [2.75, 3.05) is 37.8 Å². The molecule has 7 heteroatoms. The van der Waals surface area contributed by atoms with E-state index in [1.807, 2.05) is 48.2 Å². The molecule has 0 aliphatic rings. The molecular weight excluding hydrogens is 360 g/mol. The van der Waals surface area contributed by atoms with Crippen molar-refractivity contribution >= 4 is 23.4 Å². The third kappa shape index (κ3) is 6.57. The molecular formula is C20H30N4O2S. The second kappa shape index (κ2) is 11.0. The number of benzene rings is 1. The van der Waals surface area contributed by atoms with Crippen molar-refractivity contribution in [3.63, 3.8) is 0 Å². The number of hydrogen-bond donors (Lipinski definition) is 0. The van der Waals surface area contributed by atoms with Gasteiger partial charge in [-0.1, -0.05) is 38.5 Å². The van der Waals surface area contributed by atoms with Crippen LogP contribution in [-0.2, 0) is 4.79 Å². The van der Waals surface area contributed by atoms with E-state index in [4.69, 9.17) is 4.42 Å². The van der Waals surface area contributed by atoms with E-state index < -0.39 is 0 Å². The first-order valence-corrected chi connectivity index (χ1v) is 10.6. The molecule has 0 spiro atoms. The lowest BCUT2D eigenvalue weighted by molar-refractivity contribution is -0.128. The highest BCUT2D eigenvalue weighted by Gasteiger charge is 2.16. The Kier molecular flexibility index (Phi) is 8.64. The maximum absolute atomic E-state index is 12.5. The van der Waals surface area contributed by atoms with Crippen LogP contribution in [0.15, 0.2) is 33.9 Å². The SMILES string of the molecule is CCCCN(CCCC)C(=O)CSc1nnc(-c2ccc(N(C)C)cc2)o1. The van der Waals surface area contributed by atoms with Gasteiger partial charge in [-0.15, -0.1) is 10.2 Å². The zero-order chi connectivity index (χ0) is 19.6. The third-order valence-electron chi connectivity index (χ3n) is 4.27. The topological polar surface area (TPSA) is 62.5 Å². The molecule has 2 aromatic rings. The van der Waals surface area contributed by atoms with Gasteiger partial charge in [0.15, 0.2) is 0 Å². The summed E-state index contributed by atoms with van der Waals surface area (Å²) in [7, 11) is 4.00. The largest absolute Gasteiger partial charge is 0.411 e. The van der Waals surface area contributed by atoms with Crippen molar-refractivity contribution in [3.05, 3.63) is 24.3 Å². The zero-order valence-electron chi connectivity index (χ0n) is 16.8. The highest BCUT2D eigenvalue weighted by Crippen LogP contribution is 2.25. The van der Waals surface area contributed by atoms with Gasteiger partial charge in [-0.25, -0.2) is 0 Å². The van der Waals surface area contributed by atoms with Crippen LogP contribution >= 0.6 is 11.8 Å². The van der Waals surface area contributed by atoms with Gasteiger partial charge in [0, 0.05) is 38.4 Å². The van der Waals surface area contributed by atoms with E-state index in [1.54, 1.807) is 0 Å². The monoisotopic (exact) mass is 390 g/mol. The number of anilines is 1. The Balaban J connectivity index is 1.93. The number of carbonyl (C=O) groups is 1. The first-order chi connectivity index (χ1) is 13.0. The number of rotatable bonds is 11. The van der Waals surface area contributed by atoms with E-state index in [-0.39, 0.29) is 5.91 Å². The number of carbonyl (C=O) groups excluding carboxylic acids is 1. The second-order valence-electron chi connectivity index (χ2n) is 6.69. The summed E-state index contributed by atoms with van der Waals surface area (Å²) in [5.74, 6) is 0.940. The Hall–Kier alpha value is -2.02. The number of thioether (sulfide) groups is 1. The van der Waals surface area contributed by atoms with Gasteiger partial charge in [-0.2, -0.15) is 0 Å². The van der Waals surface area contributed by atoms with Gasteiger partial charge in [0.1, 0.15) is 0 Å². The lowest BCUT2D eigenvalue weighted by Gasteiger charge is -2.21. The molecule has 1 amide bonds. The standard InChI is InChI=1S/C20H30N4O2S/c1-5-7-13-24(14-8-6-2)18(25)15-27-20-22-21-19(26-20)16-9-11-17(12-10-16)23(3)4/h9-12H,5-8,13-15H2,1-4H3. The summed E-state index contributed by atoms with van der Waals surface area (Å²) in [6.07, 6.45) is 4.24. The number of aromatic nitrogens is 2. The molecule has 0 aliphatic carbocycles. The van der Waals surface area contributed by atoms with E-state index in [2.05, 4.69) is 24.0 Å². The summed E-state index contributed by atoms with van der Waals surface area (Å²) in [5.41, 5.74) is 1.98. The molecule has 0 N–H and O–H groups in total. The number of nitrogens with zero attached hydrogens (tertiary/aromatic N) is 4. The highest BCUT2D eigenvalue weighted by atomic mass is 32.2. The first kappa shape index (κ1) is 21.3. The van der Waals surface area contributed by atoms with Gasteiger partial charge in [0.2, 0.25) is 11.8 Å². The average molecular weight is 391 g/mol. The van der Waals surface area contributed by atoms with E-state index >= 15 is 0 Å². The Bertz CT molecular complexity index is 692. The minimum atomic E-state index is 0.136. The van der Waals surface area contributed by atoms with Crippen molar-refractivity contribution in [1.29, 1.82) is 0 Å². The summed E-state index contributed by atoms with van der Waals surface area (Å²) < 4.78 is 5.72. The van der Waals surface area contributed by atoms with E-state index in [0.717, 1.165) is 50.0 Å². The van der Waals surface area contributed by atoms with Crippen LogP contribution in [0.2, 0.25) is 0 Å². The Morgan fingerprint density at radius 2 is 1.67 bits per heavy atom. The molecule has 1 heterocycles. The first-order valence-electron chi connectivity index (χ1n) is 9.57. The Morgan fingerprint density at radius 1 is 1.04 bits per heavy atom. The lowest BCUT2D eigenvalue weighted by atomic mass is 10.2. The summed E-state index contributed by atoms with van der Waals surface area (Å²) in [4.78, 5) is 16.5. The van der Waals surface area contributed by atoms with Crippen molar-refractivity contribution < 1.29 is 9.21 Å². The molecule has 0 atom stereocenters. The minimum absolute atomic E-state index is 0.136. The molecule has 1 aromatic carbocycles. The van der Waals surface area contributed by atoms with Crippen LogP contribution in [0.1, 0.15) is 39.5 Å². The average Bonchev–Trinajstić information content (AvgIpc) is 3.15. The summed E-state index contributed by atoms with van der Waals surface area (Å²) in [6.45, 7) is 5.93. The molecule has 0 aliphatic heterocycles. The summed E-state index contributed by atoms with van der Waals surface area (Å²) in [5, 5.41) is 8.61. The van der Waals surface area contributed by atoms with E-state index in [0.29, 0.717) is 16.9 Å². The Morgan fingerprint density at radius 3 is 2.22 bits per heavy atom. The van der Waals surface area contributed by atoms with Gasteiger partial charge < -0.3 is 14.2 Å². The van der Waals surface area contributed by atoms with Gasteiger partial charge in [0.25, 0.3) is 5.22 Å². The van der Waals surface area contributed by atoms with Crippen LogP contribution < -0.4 is 4.90 Å². The summed E-state index contributed by atoms with van der Waals surface area (Å²) in [6, 6.07) is 7.93. The van der Waals surface area contributed by atoms with E-state index in [1.165, 1.54) is 11.8 Å². The fraction of sp³-hybridized carbons (Fsp3) is 0.550. The van der Waals surface area contributed by atoms with Crippen LogP contribution in [0.3, 0.4) is 0 Å². The number of hydrogen-bond acceptors (Lipinski definition) is 6. The van der Waals surface area contributed by atoms with Crippen molar-refractivity contribution in [3.8, 4) is 11.5 Å². The molecule has 0 unspecified atom stereocenters. The van der Waals surface area contributed by atoms with Crippen molar-refractivity contribution in [2.45, 2.75) is 44.8 Å². The molecule has 0 bridgehead atoms. The zero-order valence-corrected chi connectivity index (χ0v) is 17.6. The van der Waals surface area contributed by atoms with Crippen LogP contribution in [0, 0.1) is 0 Å². The maximum Gasteiger partial charge on any atom is 0.277 e. The fourth-order valence-corrected chi connectivity index (χ4v) is 3.23. The van der Waals surface area contributed by atoms with Crippen molar-refractivity contribution in [2.24, 2.45) is 0 Å². The Labute approximate surface area is 166 Å². The maximum atomic E-state index is 12.5. The molecule has 6 nitrogen and oxygen atoms in total. The van der Waals surface area contributed by atoms with Crippen LogP contribution in [-0.4, -0.2) is 53.9 Å². The van der Waals surface area contributed by atoms with Crippen LogP contribution in [0.5, 0.6) is 0 Å². The molecule has 1 aromatic heterocycles. The minimum Gasteiger partial charge on any atom is -0.411 e. The second-order valence-corrected chi connectivity index (χ2v) is 7.62. The quantitative estimate of drug-likeness (QED) is 0.532. The normalized spacial score (nSPS) is 10.8. The molecule has 2 rings (SSSR count). The predicted octanol–water partition coefficient (Wildman–Crippen LogP) is 4.32. The molecule has 0 fully saturated rings. The van der Waals surface area contributed by atoms with Crippen molar-refractivity contribution in [1.82, 2.24) is 15.1 Å². The molecule has 27 heavy (non-hydrogen) atoms. The van der Waals surface area contributed by atoms with Gasteiger partial charge in [-0.05, 0) is 37.1 Å². The van der Waals surface area contributed by atoms with Crippen LogP contribution in [0.25, 0.3) is 11.5 Å². The summed E-state index contributed by atoms with van der Waals surface area (Å²) >= 11 is 1.31. The van der Waals surface area contributed by atoms with E-state index in [9.17, 15) is 4.79 Å². The molecule has 0 radical (unpaired) electrons. The van der Waals surface area contributed by atoms with Crippen LogP contribution in [0.4, 0.5) is 5.69 Å².